The maximum absolute atomic E-state index is 12.9. The Morgan fingerprint density at radius 2 is 1.90 bits per heavy atom. The van der Waals surface area contributed by atoms with E-state index in [4.69, 9.17) is 0 Å². The van der Waals surface area contributed by atoms with Crippen LogP contribution in [0.2, 0.25) is 0 Å². The number of carbonyl (C=O) groups is 1. The predicted octanol–water partition coefficient (Wildman–Crippen LogP) is 6.48. The maximum atomic E-state index is 12.9. The first kappa shape index (κ1) is 20.6. The van der Waals surface area contributed by atoms with E-state index >= 15 is 0 Å². The number of benzene rings is 2. The number of nitrogens with one attached hydrogen (secondary N) is 1. The van der Waals surface area contributed by atoms with Gasteiger partial charge in [0, 0.05) is 16.6 Å². The molecule has 0 spiro atoms. The molecule has 2 aromatic heterocycles. The summed E-state index contributed by atoms with van der Waals surface area (Å²) in [6, 6.07) is 16.1. The molecule has 0 aliphatic rings. The standard InChI is InChI=1S/C24H23N3OS2/c1-4-20(22(28)27-18-8-6-5-7-9-18)30-24-21-19(13-29-23(21)25-14-26-24)17-11-10-15(2)16(3)12-17/h5-14,20H,4H2,1-3H3,(H,27,28). The van der Waals surface area contributed by atoms with Gasteiger partial charge >= 0.3 is 0 Å². The third kappa shape index (κ3) is 4.25. The monoisotopic (exact) mass is 433 g/mol. The van der Waals surface area contributed by atoms with E-state index in [0.717, 1.165) is 32.1 Å². The molecule has 0 saturated carbocycles. The molecule has 0 aliphatic carbocycles. The summed E-state index contributed by atoms with van der Waals surface area (Å²) in [4.78, 5) is 22.9. The Hall–Kier alpha value is -2.70. The van der Waals surface area contributed by atoms with Crippen molar-refractivity contribution in [1.29, 1.82) is 0 Å². The second-order valence-corrected chi connectivity index (χ2v) is 9.23. The van der Waals surface area contributed by atoms with Gasteiger partial charge in [0.1, 0.15) is 16.2 Å². The summed E-state index contributed by atoms with van der Waals surface area (Å²) in [5.41, 5.74) is 5.61. The largest absolute Gasteiger partial charge is 0.325 e. The number of para-hydroxylation sites is 1. The number of thiophene rings is 1. The van der Waals surface area contributed by atoms with Crippen molar-refractivity contribution >= 4 is 44.9 Å². The number of aromatic nitrogens is 2. The number of rotatable bonds is 6. The summed E-state index contributed by atoms with van der Waals surface area (Å²) in [6.07, 6.45) is 2.30. The number of anilines is 1. The van der Waals surface area contributed by atoms with Gasteiger partial charge in [-0.3, -0.25) is 4.79 Å². The van der Waals surface area contributed by atoms with Gasteiger partial charge in [0.05, 0.1) is 10.6 Å². The highest BCUT2D eigenvalue weighted by molar-refractivity contribution is 8.00. The fourth-order valence-electron chi connectivity index (χ4n) is 3.26. The lowest BCUT2D eigenvalue weighted by Crippen LogP contribution is -2.24. The fourth-order valence-corrected chi connectivity index (χ4v) is 5.27. The maximum Gasteiger partial charge on any atom is 0.237 e. The minimum Gasteiger partial charge on any atom is -0.325 e. The van der Waals surface area contributed by atoms with Crippen LogP contribution in [0.5, 0.6) is 0 Å². The van der Waals surface area contributed by atoms with Gasteiger partial charge in [-0.25, -0.2) is 9.97 Å². The molecule has 0 bridgehead atoms. The van der Waals surface area contributed by atoms with Crippen LogP contribution < -0.4 is 5.32 Å². The van der Waals surface area contributed by atoms with Crippen LogP contribution in [0, 0.1) is 13.8 Å². The zero-order chi connectivity index (χ0) is 21.1. The topological polar surface area (TPSA) is 54.9 Å². The molecule has 1 N–H and O–H groups in total. The highest BCUT2D eigenvalue weighted by Crippen LogP contribution is 2.40. The molecule has 152 valence electrons. The van der Waals surface area contributed by atoms with E-state index in [9.17, 15) is 4.79 Å². The molecule has 1 unspecified atom stereocenters. The lowest BCUT2D eigenvalue weighted by Gasteiger charge is -2.15. The number of hydrogen-bond donors (Lipinski definition) is 1. The predicted molar refractivity (Wildman–Crippen MR) is 127 cm³/mol. The van der Waals surface area contributed by atoms with Crippen molar-refractivity contribution in [3.8, 4) is 11.1 Å². The zero-order valence-electron chi connectivity index (χ0n) is 17.2. The Morgan fingerprint density at radius 3 is 2.63 bits per heavy atom. The molecule has 0 radical (unpaired) electrons. The molecule has 2 heterocycles. The minimum absolute atomic E-state index is 0.0107. The number of amides is 1. The molecule has 4 nitrogen and oxygen atoms in total. The smallest absolute Gasteiger partial charge is 0.237 e. The number of thioether (sulfide) groups is 1. The third-order valence-corrected chi connectivity index (χ3v) is 7.36. The minimum atomic E-state index is -0.240. The average Bonchev–Trinajstić information content (AvgIpc) is 3.19. The van der Waals surface area contributed by atoms with E-state index in [2.05, 4.69) is 52.7 Å². The van der Waals surface area contributed by atoms with Crippen molar-refractivity contribution in [2.45, 2.75) is 37.5 Å². The molecule has 1 amide bonds. The zero-order valence-corrected chi connectivity index (χ0v) is 18.8. The molecule has 30 heavy (non-hydrogen) atoms. The van der Waals surface area contributed by atoms with Gasteiger partial charge in [-0.05, 0) is 49.1 Å². The van der Waals surface area contributed by atoms with Gasteiger partial charge in [-0.2, -0.15) is 0 Å². The number of aryl methyl sites for hydroxylation is 2. The lowest BCUT2D eigenvalue weighted by atomic mass is 10.0. The van der Waals surface area contributed by atoms with Crippen molar-refractivity contribution in [3.63, 3.8) is 0 Å². The molecule has 6 heteroatoms. The summed E-state index contributed by atoms with van der Waals surface area (Å²) in [7, 11) is 0. The Morgan fingerprint density at radius 1 is 1.10 bits per heavy atom. The number of hydrogen-bond acceptors (Lipinski definition) is 5. The summed E-state index contributed by atoms with van der Waals surface area (Å²) in [6.45, 7) is 6.27. The number of nitrogens with zero attached hydrogens (tertiary/aromatic N) is 2. The second kappa shape index (κ2) is 8.98. The first-order chi connectivity index (χ1) is 14.6. The average molecular weight is 434 g/mol. The second-order valence-electron chi connectivity index (χ2n) is 7.18. The van der Waals surface area contributed by atoms with Crippen LogP contribution in [-0.2, 0) is 4.79 Å². The van der Waals surface area contributed by atoms with Crippen LogP contribution in [0.1, 0.15) is 24.5 Å². The SMILES string of the molecule is CCC(Sc1ncnc2scc(-c3ccc(C)c(C)c3)c12)C(=O)Nc1ccccc1. The molecule has 0 saturated heterocycles. The van der Waals surface area contributed by atoms with Gasteiger partial charge in [0.15, 0.2) is 0 Å². The van der Waals surface area contributed by atoms with E-state index in [1.807, 2.05) is 37.3 Å². The van der Waals surface area contributed by atoms with Crippen LogP contribution in [0.15, 0.2) is 65.3 Å². The summed E-state index contributed by atoms with van der Waals surface area (Å²) in [5, 5.41) is 6.79. The molecule has 2 aromatic carbocycles. The van der Waals surface area contributed by atoms with Gasteiger partial charge in [-0.1, -0.05) is 55.1 Å². The Balaban J connectivity index is 1.67. The van der Waals surface area contributed by atoms with E-state index in [1.165, 1.54) is 22.9 Å². The molecule has 0 aliphatic heterocycles. The molecular weight excluding hydrogens is 410 g/mol. The Bertz CT molecular complexity index is 1190. The van der Waals surface area contributed by atoms with Gasteiger partial charge in [0.2, 0.25) is 5.91 Å². The third-order valence-electron chi connectivity index (χ3n) is 5.11. The molecule has 1 atom stereocenters. The molecular formula is C24H23N3OS2. The quantitative estimate of drug-likeness (QED) is 0.279. The van der Waals surface area contributed by atoms with Crippen molar-refractivity contribution in [3.05, 3.63) is 71.4 Å². The van der Waals surface area contributed by atoms with E-state index in [0.29, 0.717) is 6.42 Å². The Labute approximate surface area is 184 Å². The van der Waals surface area contributed by atoms with Crippen LogP contribution >= 0.6 is 23.1 Å². The van der Waals surface area contributed by atoms with Gasteiger partial charge in [0.25, 0.3) is 0 Å². The van der Waals surface area contributed by atoms with Crippen LogP contribution in [0.4, 0.5) is 5.69 Å². The normalized spacial score (nSPS) is 12.1. The summed E-state index contributed by atoms with van der Waals surface area (Å²) >= 11 is 3.12. The van der Waals surface area contributed by atoms with E-state index in [-0.39, 0.29) is 11.2 Å². The van der Waals surface area contributed by atoms with Crippen LogP contribution in [-0.4, -0.2) is 21.1 Å². The first-order valence-electron chi connectivity index (χ1n) is 9.89. The molecule has 0 fully saturated rings. The van der Waals surface area contributed by atoms with Crippen LogP contribution in [0.25, 0.3) is 21.3 Å². The lowest BCUT2D eigenvalue weighted by molar-refractivity contribution is -0.115. The highest BCUT2D eigenvalue weighted by atomic mass is 32.2. The van der Waals surface area contributed by atoms with Crippen molar-refractivity contribution in [1.82, 2.24) is 9.97 Å². The summed E-state index contributed by atoms with van der Waals surface area (Å²) in [5.74, 6) is -0.0107. The van der Waals surface area contributed by atoms with E-state index < -0.39 is 0 Å². The van der Waals surface area contributed by atoms with E-state index in [1.54, 1.807) is 17.7 Å². The fraction of sp³-hybridized carbons (Fsp3) is 0.208. The van der Waals surface area contributed by atoms with Crippen molar-refractivity contribution in [2.75, 3.05) is 5.32 Å². The highest BCUT2D eigenvalue weighted by Gasteiger charge is 2.22. The van der Waals surface area contributed by atoms with Crippen molar-refractivity contribution < 1.29 is 4.79 Å². The Kier molecular flexibility index (Phi) is 6.16. The number of fused-ring (bicyclic) bond motifs is 1. The van der Waals surface area contributed by atoms with Gasteiger partial charge < -0.3 is 5.32 Å². The molecule has 4 aromatic rings. The molecule has 4 rings (SSSR count). The van der Waals surface area contributed by atoms with Gasteiger partial charge in [-0.15, -0.1) is 11.3 Å². The number of carbonyl (C=O) groups excluding carboxylic acids is 1. The van der Waals surface area contributed by atoms with Crippen LogP contribution in [0.3, 0.4) is 0 Å². The summed E-state index contributed by atoms with van der Waals surface area (Å²) < 4.78 is 0. The first-order valence-corrected chi connectivity index (χ1v) is 11.6. The van der Waals surface area contributed by atoms with Crippen molar-refractivity contribution in [2.24, 2.45) is 0 Å².